The van der Waals surface area contributed by atoms with Crippen molar-refractivity contribution in [2.24, 2.45) is 5.92 Å². The largest absolute Gasteiger partial charge is 1.00 e. The summed E-state index contributed by atoms with van der Waals surface area (Å²) in [6, 6.07) is 0. The fourth-order valence-corrected chi connectivity index (χ4v) is 3.54. The van der Waals surface area contributed by atoms with E-state index in [4.69, 9.17) is 0 Å². The maximum absolute atomic E-state index is 12.4. The Hall–Kier alpha value is -0.0600. The smallest absolute Gasteiger partial charge is 0.550 e. The van der Waals surface area contributed by atoms with Crippen LogP contribution in [0, 0.1) is 5.92 Å². The summed E-state index contributed by atoms with van der Waals surface area (Å²) in [6.07, 6.45) is 15.8. The second kappa shape index (κ2) is 20.7. The molecule has 0 bridgehead atoms. The molecular formula is C22H42NNaO3. The molecule has 0 rings (SSSR count). The van der Waals surface area contributed by atoms with Crippen molar-refractivity contribution in [1.82, 2.24) is 4.90 Å². The van der Waals surface area contributed by atoms with E-state index in [0.29, 0.717) is 19.5 Å². The second-order valence-electron chi connectivity index (χ2n) is 7.46. The van der Waals surface area contributed by atoms with E-state index in [-0.39, 0.29) is 41.9 Å². The molecule has 0 aromatic carbocycles. The normalized spacial score (nSPS) is 11.7. The first-order chi connectivity index (χ1) is 12.6. The van der Waals surface area contributed by atoms with Crippen molar-refractivity contribution in [2.45, 2.75) is 111 Å². The monoisotopic (exact) mass is 391 g/mol. The molecule has 0 aromatic heterocycles. The van der Waals surface area contributed by atoms with E-state index in [1.807, 2.05) is 13.8 Å². The van der Waals surface area contributed by atoms with Crippen molar-refractivity contribution in [3.05, 3.63) is 0 Å². The zero-order chi connectivity index (χ0) is 19.6. The van der Waals surface area contributed by atoms with E-state index < -0.39 is 11.9 Å². The minimum atomic E-state index is -1.12. The van der Waals surface area contributed by atoms with Gasteiger partial charge in [0.2, 0.25) is 5.91 Å². The Morgan fingerprint density at radius 2 is 1.15 bits per heavy atom. The molecule has 0 saturated carbocycles. The molecule has 0 aliphatic carbocycles. The minimum absolute atomic E-state index is 0. The summed E-state index contributed by atoms with van der Waals surface area (Å²) in [5.41, 5.74) is 0. The van der Waals surface area contributed by atoms with Gasteiger partial charge < -0.3 is 14.8 Å². The average molecular weight is 392 g/mol. The molecule has 1 unspecified atom stereocenters. The van der Waals surface area contributed by atoms with Crippen molar-refractivity contribution in [3.8, 4) is 0 Å². The fraction of sp³-hybridized carbons (Fsp3) is 0.909. The van der Waals surface area contributed by atoms with E-state index in [9.17, 15) is 14.7 Å². The third-order valence-corrected chi connectivity index (χ3v) is 5.24. The predicted molar refractivity (Wildman–Crippen MR) is 107 cm³/mol. The molecule has 0 aliphatic heterocycles. The molecule has 1 atom stereocenters. The van der Waals surface area contributed by atoms with Crippen LogP contribution in [0.2, 0.25) is 0 Å². The van der Waals surface area contributed by atoms with Crippen molar-refractivity contribution in [2.75, 3.05) is 13.1 Å². The molecule has 0 saturated heterocycles. The zero-order valence-corrected chi connectivity index (χ0v) is 20.6. The van der Waals surface area contributed by atoms with Crippen LogP contribution >= 0.6 is 0 Å². The summed E-state index contributed by atoms with van der Waals surface area (Å²) >= 11 is 0. The Kier molecular flexibility index (Phi) is 22.3. The van der Waals surface area contributed by atoms with Gasteiger partial charge in [0, 0.05) is 25.0 Å². The molecule has 0 fully saturated rings. The van der Waals surface area contributed by atoms with Gasteiger partial charge in [-0.25, -0.2) is 0 Å². The molecule has 154 valence electrons. The SMILES string of the molecule is CCCCCCCCCCCCCCC(CC(=O)[O-])C(=O)N(CC)CC.[Na+]. The predicted octanol–water partition coefficient (Wildman–Crippen LogP) is 1.71. The van der Waals surface area contributed by atoms with Crippen LogP contribution < -0.4 is 34.7 Å². The summed E-state index contributed by atoms with van der Waals surface area (Å²) in [6.45, 7) is 7.39. The van der Waals surface area contributed by atoms with Gasteiger partial charge in [-0.15, -0.1) is 0 Å². The standard InChI is InChI=1S/C22H43NO3.Na/c1-4-7-8-9-10-11-12-13-14-15-16-17-18-20(19-21(24)25)22(26)23(5-2)6-3;/h20H,4-19H2,1-3H3,(H,24,25);/q;+1/p-1. The molecule has 0 heterocycles. The van der Waals surface area contributed by atoms with Crippen molar-refractivity contribution < 1.29 is 44.3 Å². The Morgan fingerprint density at radius 1 is 0.741 bits per heavy atom. The number of carbonyl (C=O) groups excluding carboxylic acids is 2. The Bertz CT molecular complexity index is 359. The van der Waals surface area contributed by atoms with Crippen LogP contribution in [0.4, 0.5) is 0 Å². The van der Waals surface area contributed by atoms with Crippen LogP contribution in [0.1, 0.15) is 111 Å². The van der Waals surface area contributed by atoms with Gasteiger partial charge in [-0.1, -0.05) is 84.0 Å². The van der Waals surface area contributed by atoms with Gasteiger partial charge in [0.05, 0.1) is 0 Å². The first kappa shape index (κ1) is 29.1. The summed E-state index contributed by atoms with van der Waals surface area (Å²) < 4.78 is 0. The van der Waals surface area contributed by atoms with Crippen LogP contribution in [0.3, 0.4) is 0 Å². The summed E-state index contributed by atoms with van der Waals surface area (Å²) in [4.78, 5) is 25.1. The second-order valence-corrected chi connectivity index (χ2v) is 7.46. The molecule has 0 aromatic rings. The number of carboxylic acid groups (broad SMARTS) is 1. The fourth-order valence-electron chi connectivity index (χ4n) is 3.54. The van der Waals surface area contributed by atoms with Gasteiger partial charge in [-0.2, -0.15) is 0 Å². The number of amides is 1. The quantitative estimate of drug-likeness (QED) is 0.264. The first-order valence-corrected chi connectivity index (χ1v) is 11.0. The maximum atomic E-state index is 12.4. The number of unbranched alkanes of at least 4 members (excludes halogenated alkanes) is 11. The van der Waals surface area contributed by atoms with Crippen LogP contribution in [0.25, 0.3) is 0 Å². The third-order valence-electron chi connectivity index (χ3n) is 5.24. The van der Waals surface area contributed by atoms with Gasteiger partial charge in [0.15, 0.2) is 0 Å². The number of hydrogen-bond acceptors (Lipinski definition) is 3. The number of hydrogen-bond donors (Lipinski definition) is 0. The van der Waals surface area contributed by atoms with Crippen molar-refractivity contribution >= 4 is 11.9 Å². The van der Waals surface area contributed by atoms with Crippen molar-refractivity contribution in [1.29, 1.82) is 0 Å². The Labute approximate surface area is 190 Å². The van der Waals surface area contributed by atoms with E-state index in [2.05, 4.69) is 6.92 Å². The summed E-state index contributed by atoms with van der Waals surface area (Å²) in [7, 11) is 0. The molecule has 0 radical (unpaired) electrons. The molecular weight excluding hydrogens is 349 g/mol. The third kappa shape index (κ3) is 16.6. The molecule has 0 spiro atoms. The molecule has 1 amide bonds. The molecule has 27 heavy (non-hydrogen) atoms. The summed E-state index contributed by atoms with van der Waals surface area (Å²) in [5.74, 6) is -1.56. The van der Waals surface area contributed by atoms with Gasteiger partial charge in [-0.05, 0) is 26.7 Å². The maximum Gasteiger partial charge on any atom is 1.00 e. The number of nitrogens with zero attached hydrogens (tertiary/aromatic N) is 1. The number of carboxylic acids is 1. The molecule has 0 aliphatic rings. The first-order valence-electron chi connectivity index (χ1n) is 11.0. The van der Waals surface area contributed by atoms with E-state index in [1.54, 1.807) is 4.90 Å². The van der Waals surface area contributed by atoms with Crippen LogP contribution in [0.15, 0.2) is 0 Å². The summed E-state index contributed by atoms with van der Waals surface area (Å²) in [5, 5.41) is 11.0. The van der Waals surface area contributed by atoms with E-state index in [1.165, 1.54) is 64.2 Å². The van der Waals surface area contributed by atoms with Gasteiger partial charge in [0.1, 0.15) is 0 Å². The molecule has 5 heteroatoms. The molecule has 4 nitrogen and oxygen atoms in total. The van der Waals surface area contributed by atoms with Gasteiger partial charge in [-0.3, -0.25) is 4.79 Å². The van der Waals surface area contributed by atoms with Gasteiger partial charge in [0.25, 0.3) is 0 Å². The Morgan fingerprint density at radius 3 is 1.52 bits per heavy atom. The van der Waals surface area contributed by atoms with Crippen LogP contribution in [0.5, 0.6) is 0 Å². The van der Waals surface area contributed by atoms with E-state index in [0.717, 1.165) is 12.8 Å². The zero-order valence-electron chi connectivity index (χ0n) is 18.6. The van der Waals surface area contributed by atoms with E-state index >= 15 is 0 Å². The molecule has 0 N–H and O–H groups in total. The number of carbonyl (C=O) groups is 2. The van der Waals surface area contributed by atoms with Gasteiger partial charge >= 0.3 is 29.6 Å². The minimum Gasteiger partial charge on any atom is -0.550 e. The number of rotatable bonds is 18. The van der Waals surface area contributed by atoms with Crippen molar-refractivity contribution in [3.63, 3.8) is 0 Å². The Balaban J connectivity index is 0. The average Bonchev–Trinajstić information content (AvgIpc) is 2.62. The number of aliphatic carboxylic acids is 1. The van der Waals surface area contributed by atoms with Crippen LogP contribution in [-0.4, -0.2) is 29.9 Å². The topological polar surface area (TPSA) is 60.4 Å². The van der Waals surface area contributed by atoms with Crippen LogP contribution in [-0.2, 0) is 9.59 Å².